The van der Waals surface area contributed by atoms with Crippen molar-refractivity contribution in [3.63, 3.8) is 0 Å². The van der Waals surface area contributed by atoms with E-state index < -0.39 is 0 Å². The zero-order valence-electron chi connectivity index (χ0n) is 16.5. The Balaban J connectivity index is 1.24. The van der Waals surface area contributed by atoms with E-state index in [1.165, 1.54) is 5.56 Å². The van der Waals surface area contributed by atoms with Gasteiger partial charge in [-0.05, 0) is 23.8 Å². The molecule has 0 bridgehead atoms. The summed E-state index contributed by atoms with van der Waals surface area (Å²) in [5, 5.41) is 12.4. The molecule has 4 rings (SSSR count). The van der Waals surface area contributed by atoms with Crippen LogP contribution in [0, 0.1) is 0 Å². The quantitative estimate of drug-likeness (QED) is 0.591. The van der Waals surface area contributed by atoms with E-state index in [1.54, 1.807) is 28.9 Å². The smallest absolute Gasteiger partial charge is 0.244 e. The van der Waals surface area contributed by atoms with Crippen LogP contribution in [0.5, 0.6) is 5.75 Å². The van der Waals surface area contributed by atoms with Gasteiger partial charge < -0.3 is 9.64 Å². The van der Waals surface area contributed by atoms with Crippen molar-refractivity contribution in [1.29, 1.82) is 0 Å². The summed E-state index contributed by atoms with van der Waals surface area (Å²) in [6, 6.07) is 9.99. The molecule has 0 N–H and O–H groups in total. The molecule has 0 saturated carbocycles. The SMILES string of the molecule is COc1ccc(CN2CCN(C(=O)Cn3cc(Cn4cccn4)nn3)CC2)cc1. The van der Waals surface area contributed by atoms with Crippen LogP contribution in [-0.4, -0.2) is 73.8 Å². The van der Waals surface area contributed by atoms with E-state index in [0.29, 0.717) is 6.54 Å². The fourth-order valence-electron chi connectivity index (χ4n) is 3.43. The number of ether oxygens (including phenoxy) is 1. The van der Waals surface area contributed by atoms with E-state index in [4.69, 9.17) is 4.74 Å². The van der Waals surface area contributed by atoms with Gasteiger partial charge in [-0.3, -0.25) is 14.4 Å². The second kappa shape index (κ2) is 8.87. The summed E-state index contributed by atoms with van der Waals surface area (Å²) in [5.74, 6) is 0.940. The Labute approximate surface area is 169 Å². The van der Waals surface area contributed by atoms with Gasteiger partial charge in [-0.1, -0.05) is 17.3 Å². The Morgan fingerprint density at radius 3 is 2.55 bits per heavy atom. The van der Waals surface area contributed by atoms with Crippen LogP contribution in [0.1, 0.15) is 11.3 Å². The third-order valence-electron chi connectivity index (χ3n) is 5.06. The molecule has 0 unspecified atom stereocenters. The van der Waals surface area contributed by atoms with Gasteiger partial charge in [0.15, 0.2) is 0 Å². The summed E-state index contributed by atoms with van der Waals surface area (Å²) in [6.07, 6.45) is 5.40. The highest BCUT2D eigenvalue weighted by molar-refractivity contribution is 5.76. The number of methoxy groups -OCH3 is 1. The molecule has 9 heteroatoms. The Bertz CT molecular complexity index is 913. The van der Waals surface area contributed by atoms with Gasteiger partial charge in [0.2, 0.25) is 5.91 Å². The highest BCUT2D eigenvalue weighted by atomic mass is 16.5. The zero-order chi connectivity index (χ0) is 20.1. The summed E-state index contributed by atoms with van der Waals surface area (Å²) >= 11 is 0. The van der Waals surface area contributed by atoms with Crippen molar-refractivity contribution in [2.45, 2.75) is 19.6 Å². The van der Waals surface area contributed by atoms with Crippen LogP contribution >= 0.6 is 0 Å². The van der Waals surface area contributed by atoms with Gasteiger partial charge in [-0.25, -0.2) is 4.68 Å². The molecule has 0 radical (unpaired) electrons. The fraction of sp³-hybridized carbons (Fsp3) is 0.400. The molecule has 9 nitrogen and oxygen atoms in total. The summed E-state index contributed by atoms with van der Waals surface area (Å²) in [7, 11) is 1.67. The van der Waals surface area contributed by atoms with Crippen molar-refractivity contribution in [1.82, 2.24) is 34.6 Å². The van der Waals surface area contributed by atoms with E-state index in [2.05, 4.69) is 32.4 Å². The number of nitrogens with zero attached hydrogens (tertiary/aromatic N) is 7. The van der Waals surface area contributed by atoms with Crippen molar-refractivity contribution < 1.29 is 9.53 Å². The lowest BCUT2D eigenvalue weighted by Gasteiger charge is -2.34. The van der Waals surface area contributed by atoms with Crippen molar-refractivity contribution in [3.05, 3.63) is 60.2 Å². The van der Waals surface area contributed by atoms with Crippen LogP contribution in [0.15, 0.2) is 48.9 Å². The third kappa shape index (κ3) is 5.00. The molecular weight excluding hydrogens is 370 g/mol. The maximum Gasteiger partial charge on any atom is 0.244 e. The minimum Gasteiger partial charge on any atom is -0.497 e. The lowest BCUT2D eigenvalue weighted by Crippen LogP contribution is -2.49. The van der Waals surface area contributed by atoms with Gasteiger partial charge >= 0.3 is 0 Å². The number of amides is 1. The molecule has 29 heavy (non-hydrogen) atoms. The summed E-state index contributed by atoms with van der Waals surface area (Å²) in [6.45, 7) is 4.81. The average molecular weight is 395 g/mol. The molecule has 3 aromatic rings. The molecule has 1 fully saturated rings. The third-order valence-corrected chi connectivity index (χ3v) is 5.06. The van der Waals surface area contributed by atoms with Crippen LogP contribution in [0.3, 0.4) is 0 Å². The molecular formula is C20H25N7O2. The Morgan fingerprint density at radius 2 is 1.86 bits per heavy atom. The molecule has 0 aliphatic carbocycles. The second-order valence-electron chi connectivity index (χ2n) is 7.12. The fourth-order valence-corrected chi connectivity index (χ4v) is 3.43. The molecule has 152 valence electrons. The van der Waals surface area contributed by atoms with Crippen molar-refractivity contribution in [3.8, 4) is 5.75 Å². The number of carbonyl (C=O) groups excluding carboxylic acids is 1. The van der Waals surface area contributed by atoms with Crippen molar-refractivity contribution in [2.75, 3.05) is 33.3 Å². The highest BCUT2D eigenvalue weighted by Gasteiger charge is 2.21. The number of rotatable bonds is 7. The monoisotopic (exact) mass is 395 g/mol. The molecule has 1 aliphatic heterocycles. The predicted octanol–water partition coefficient (Wildman–Crippen LogP) is 0.876. The molecule has 1 aliphatic rings. The van der Waals surface area contributed by atoms with Crippen LogP contribution in [0.4, 0.5) is 0 Å². The second-order valence-corrected chi connectivity index (χ2v) is 7.12. The number of hydrogen-bond acceptors (Lipinski definition) is 6. The van der Waals surface area contributed by atoms with Crippen LogP contribution in [-0.2, 0) is 24.4 Å². The summed E-state index contributed by atoms with van der Waals surface area (Å²) < 4.78 is 8.58. The maximum atomic E-state index is 12.6. The van der Waals surface area contributed by atoms with Gasteiger partial charge in [0.25, 0.3) is 0 Å². The van der Waals surface area contributed by atoms with E-state index in [-0.39, 0.29) is 12.5 Å². The number of benzene rings is 1. The minimum atomic E-state index is 0.0737. The van der Waals surface area contributed by atoms with E-state index in [9.17, 15) is 4.79 Å². The molecule has 3 heterocycles. The lowest BCUT2D eigenvalue weighted by atomic mass is 10.2. The van der Waals surface area contributed by atoms with E-state index >= 15 is 0 Å². The zero-order valence-corrected chi connectivity index (χ0v) is 16.5. The van der Waals surface area contributed by atoms with Crippen molar-refractivity contribution in [2.24, 2.45) is 0 Å². The normalized spacial score (nSPS) is 14.9. The van der Waals surface area contributed by atoms with E-state index in [1.807, 2.05) is 29.3 Å². The first-order valence-electron chi connectivity index (χ1n) is 9.69. The standard InChI is InChI=1S/C20H25N7O2/c1-29-19-5-3-17(4-6-19)13-24-9-11-25(12-10-24)20(28)16-27-15-18(22-23-27)14-26-8-2-7-21-26/h2-8,15H,9-14,16H2,1H3. The Hall–Kier alpha value is -3.20. The van der Waals surface area contributed by atoms with Crippen LogP contribution in [0.2, 0.25) is 0 Å². The lowest BCUT2D eigenvalue weighted by molar-refractivity contribution is -0.133. The molecule has 2 aromatic heterocycles. The topological polar surface area (TPSA) is 81.3 Å². The average Bonchev–Trinajstić information content (AvgIpc) is 3.42. The largest absolute Gasteiger partial charge is 0.497 e. The summed E-state index contributed by atoms with van der Waals surface area (Å²) in [5.41, 5.74) is 2.03. The summed E-state index contributed by atoms with van der Waals surface area (Å²) in [4.78, 5) is 16.9. The Kier molecular flexibility index (Phi) is 5.85. The number of hydrogen-bond donors (Lipinski definition) is 0. The van der Waals surface area contributed by atoms with Gasteiger partial charge in [0.1, 0.15) is 18.0 Å². The highest BCUT2D eigenvalue weighted by Crippen LogP contribution is 2.14. The molecule has 1 amide bonds. The molecule has 1 aromatic carbocycles. The molecule has 1 saturated heterocycles. The first kappa shape index (κ1) is 19.1. The predicted molar refractivity (Wildman–Crippen MR) is 106 cm³/mol. The van der Waals surface area contributed by atoms with Crippen LogP contribution < -0.4 is 4.74 Å². The first-order valence-corrected chi connectivity index (χ1v) is 9.69. The Morgan fingerprint density at radius 1 is 1.07 bits per heavy atom. The first-order chi connectivity index (χ1) is 14.2. The number of aromatic nitrogens is 5. The minimum absolute atomic E-state index is 0.0737. The van der Waals surface area contributed by atoms with Gasteiger partial charge in [-0.2, -0.15) is 5.10 Å². The van der Waals surface area contributed by atoms with Crippen molar-refractivity contribution >= 4 is 5.91 Å². The maximum absolute atomic E-state index is 12.6. The molecule has 0 spiro atoms. The van der Waals surface area contributed by atoms with E-state index in [0.717, 1.165) is 44.2 Å². The molecule has 0 atom stereocenters. The van der Waals surface area contributed by atoms with Gasteiger partial charge in [0, 0.05) is 45.1 Å². The number of carbonyl (C=O) groups is 1. The van der Waals surface area contributed by atoms with Gasteiger partial charge in [0.05, 0.1) is 19.9 Å². The van der Waals surface area contributed by atoms with Gasteiger partial charge in [-0.15, -0.1) is 5.10 Å². The van der Waals surface area contributed by atoms with Crippen LogP contribution in [0.25, 0.3) is 0 Å². The number of piperazine rings is 1.